The Bertz CT molecular complexity index is 635. The SMILES string of the molecule is CC(C)NCc1nc(Oc2ccc(F)cc2Cl)ccc1Cl. The van der Waals surface area contributed by atoms with E-state index in [1.165, 1.54) is 18.2 Å². The number of hydrogen-bond donors (Lipinski definition) is 1. The van der Waals surface area contributed by atoms with Crippen LogP contribution in [-0.2, 0) is 6.54 Å². The Labute approximate surface area is 133 Å². The fourth-order valence-electron chi connectivity index (χ4n) is 1.62. The van der Waals surface area contributed by atoms with Gasteiger partial charge < -0.3 is 10.1 Å². The van der Waals surface area contributed by atoms with Crippen LogP contribution in [0.1, 0.15) is 19.5 Å². The van der Waals surface area contributed by atoms with Crippen molar-refractivity contribution in [1.82, 2.24) is 10.3 Å². The number of ether oxygens (including phenoxy) is 1. The van der Waals surface area contributed by atoms with Gasteiger partial charge in [-0.15, -0.1) is 0 Å². The molecule has 2 aromatic rings. The fourth-order valence-corrected chi connectivity index (χ4v) is 1.99. The number of hydrogen-bond acceptors (Lipinski definition) is 3. The summed E-state index contributed by atoms with van der Waals surface area (Å²) in [4.78, 5) is 4.33. The van der Waals surface area contributed by atoms with Gasteiger partial charge in [-0.2, -0.15) is 0 Å². The molecular formula is C15H15Cl2FN2O. The lowest BCUT2D eigenvalue weighted by molar-refractivity contribution is 0.457. The second-order valence-electron chi connectivity index (χ2n) is 4.79. The van der Waals surface area contributed by atoms with E-state index in [0.717, 1.165) is 0 Å². The number of pyridine rings is 1. The van der Waals surface area contributed by atoms with Crippen molar-refractivity contribution < 1.29 is 9.13 Å². The second-order valence-corrected chi connectivity index (χ2v) is 5.60. The quantitative estimate of drug-likeness (QED) is 0.854. The van der Waals surface area contributed by atoms with E-state index in [4.69, 9.17) is 27.9 Å². The summed E-state index contributed by atoms with van der Waals surface area (Å²) in [6.07, 6.45) is 0. The zero-order chi connectivity index (χ0) is 15.4. The highest BCUT2D eigenvalue weighted by Crippen LogP contribution is 2.30. The van der Waals surface area contributed by atoms with Gasteiger partial charge in [0, 0.05) is 18.7 Å². The van der Waals surface area contributed by atoms with Gasteiger partial charge in [0.2, 0.25) is 5.88 Å². The first-order valence-electron chi connectivity index (χ1n) is 6.47. The maximum absolute atomic E-state index is 13.0. The van der Waals surface area contributed by atoms with Crippen LogP contribution in [0.4, 0.5) is 4.39 Å². The van der Waals surface area contributed by atoms with E-state index in [2.05, 4.69) is 10.3 Å². The number of rotatable bonds is 5. The molecule has 0 aliphatic heterocycles. The molecule has 3 nitrogen and oxygen atoms in total. The molecular weight excluding hydrogens is 314 g/mol. The molecule has 0 amide bonds. The van der Waals surface area contributed by atoms with Gasteiger partial charge in [0.25, 0.3) is 0 Å². The number of benzene rings is 1. The molecule has 1 heterocycles. The summed E-state index contributed by atoms with van der Waals surface area (Å²) in [5.74, 6) is 0.280. The third kappa shape index (κ3) is 4.56. The standard InChI is InChI=1S/C15H15Cl2FN2O/c1-9(2)19-8-13-11(16)4-6-15(20-13)21-14-5-3-10(18)7-12(14)17/h3-7,9,19H,8H2,1-2H3. The van der Waals surface area contributed by atoms with E-state index in [0.29, 0.717) is 34.9 Å². The molecule has 112 valence electrons. The summed E-state index contributed by atoms with van der Waals surface area (Å²) in [5, 5.41) is 3.98. The van der Waals surface area contributed by atoms with Crippen molar-refractivity contribution in [2.45, 2.75) is 26.4 Å². The van der Waals surface area contributed by atoms with Crippen LogP contribution in [0, 0.1) is 5.82 Å². The van der Waals surface area contributed by atoms with Crippen molar-refractivity contribution in [2.24, 2.45) is 0 Å². The van der Waals surface area contributed by atoms with E-state index in [9.17, 15) is 4.39 Å². The van der Waals surface area contributed by atoms with Crippen molar-refractivity contribution in [3.05, 3.63) is 51.9 Å². The largest absolute Gasteiger partial charge is 0.437 e. The number of nitrogens with zero attached hydrogens (tertiary/aromatic N) is 1. The van der Waals surface area contributed by atoms with E-state index in [1.54, 1.807) is 12.1 Å². The van der Waals surface area contributed by atoms with Crippen LogP contribution in [0.2, 0.25) is 10.0 Å². The molecule has 21 heavy (non-hydrogen) atoms. The number of halogens is 3. The molecule has 0 fully saturated rings. The zero-order valence-corrected chi connectivity index (χ0v) is 13.2. The summed E-state index contributed by atoms with van der Waals surface area (Å²) in [7, 11) is 0. The first-order valence-corrected chi connectivity index (χ1v) is 7.23. The summed E-state index contributed by atoms with van der Waals surface area (Å²) in [6.45, 7) is 4.60. The van der Waals surface area contributed by atoms with E-state index < -0.39 is 5.82 Å². The minimum absolute atomic E-state index is 0.189. The average Bonchev–Trinajstić information content (AvgIpc) is 2.42. The molecule has 0 aliphatic rings. The van der Waals surface area contributed by atoms with Crippen molar-refractivity contribution in [3.8, 4) is 11.6 Å². The van der Waals surface area contributed by atoms with Gasteiger partial charge in [0.15, 0.2) is 0 Å². The molecule has 1 aromatic carbocycles. The molecule has 1 aromatic heterocycles. The van der Waals surface area contributed by atoms with Gasteiger partial charge in [-0.25, -0.2) is 9.37 Å². The maximum Gasteiger partial charge on any atom is 0.219 e. The lowest BCUT2D eigenvalue weighted by Gasteiger charge is -2.11. The Morgan fingerprint density at radius 1 is 1.19 bits per heavy atom. The summed E-state index contributed by atoms with van der Waals surface area (Å²) >= 11 is 12.0. The van der Waals surface area contributed by atoms with Crippen molar-refractivity contribution in [3.63, 3.8) is 0 Å². The Kier molecular flexibility index (Phi) is 5.39. The minimum Gasteiger partial charge on any atom is -0.437 e. The molecule has 6 heteroatoms. The fraction of sp³-hybridized carbons (Fsp3) is 0.267. The highest BCUT2D eigenvalue weighted by atomic mass is 35.5. The molecule has 0 saturated heterocycles. The summed E-state index contributed by atoms with van der Waals surface area (Å²) in [6, 6.07) is 7.59. The normalized spacial score (nSPS) is 11.0. The van der Waals surface area contributed by atoms with Crippen molar-refractivity contribution >= 4 is 23.2 Å². The first kappa shape index (κ1) is 16.0. The van der Waals surface area contributed by atoms with Crippen LogP contribution >= 0.6 is 23.2 Å². The van der Waals surface area contributed by atoms with Crippen molar-refractivity contribution in [2.75, 3.05) is 0 Å². The monoisotopic (exact) mass is 328 g/mol. The molecule has 0 radical (unpaired) electrons. The summed E-state index contributed by atoms with van der Waals surface area (Å²) in [5.41, 5.74) is 0.682. The molecule has 0 unspecified atom stereocenters. The maximum atomic E-state index is 13.0. The lowest BCUT2D eigenvalue weighted by Crippen LogP contribution is -2.22. The molecule has 0 aliphatic carbocycles. The Morgan fingerprint density at radius 3 is 2.62 bits per heavy atom. The summed E-state index contributed by atoms with van der Waals surface area (Å²) < 4.78 is 18.6. The van der Waals surface area contributed by atoms with Crippen LogP contribution in [0.3, 0.4) is 0 Å². The second kappa shape index (κ2) is 7.07. The third-order valence-corrected chi connectivity index (χ3v) is 3.32. The van der Waals surface area contributed by atoms with Crippen LogP contribution in [0.25, 0.3) is 0 Å². The van der Waals surface area contributed by atoms with Gasteiger partial charge in [-0.1, -0.05) is 37.0 Å². The van der Waals surface area contributed by atoms with Crippen LogP contribution < -0.4 is 10.1 Å². The zero-order valence-electron chi connectivity index (χ0n) is 11.7. The Morgan fingerprint density at radius 2 is 1.95 bits per heavy atom. The molecule has 0 saturated carbocycles. The number of aromatic nitrogens is 1. The predicted molar refractivity (Wildman–Crippen MR) is 82.7 cm³/mol. The highest BCUT2D eigenvalue weighted by Gasteiger charge is 2.09. The van der Waals surface area contributed by atoms with Gasteiger partial charge in [-0.3, -0.25) is 0 Å². The van der Waals surface area contributed by atoms with E-state index in [1.807, 2.05) is 13.8 Å². The topological polar surface area (TPSA) is 34.2 Å². The Hall–Kier alpha value is -1.36. The van der Waals surface area contributed by atoms with Crippen LogP contribution in [0.5, 0.6) is 11.6 Å². The van der Waals surface area contributed by atoms with Gasteiger partial charge in [-0.05, 0) is 24.3 Å². The molecule has 2 rings (SSSR count). The predicted octanol–water partition coefficient (Wildman–Crippen LogP) is 4.82. The molecule has 0 atom stereocenters. The van der Waals surface area contributed by atoms with Crippen LogP contribution in [-0.4, -0.2) is 11.0 Å². The number of nitrogens with one attached hydrogen (secondary N) is 1. The first-order chi connectivity index (χ1) is 9.95. The van der Waals surface area contributed by atoms with Gasteiger partial charge in [0.05, 0.1) is 15.7 Å². The minimum atomic E-state index is -0.418. The van der Waals surface area contributed by atoms with Crippen LogP contribution in [0.15, 0.2) is 30.3 Å². The van der Waals surface area contributed by atoms with Gasteiger partial charge >= 0.3 is 0 Å². The molecule has 1 N–H and O–H groups in total. The lowest BCUT2D eigenvalue weighted by atomic mass is 10.3. The average molecular weight is 329 g/mol. The smallest absolute Gasteiger partial charge is 0.219 e. The van der Waals surface area contributed by atoms with Crippen molar-refractivity contribution in [1.29, 1.82) is 0 Å². The molecule has 0 spiro atoms. The Balaban J connectivity index is 2.18. The highest BCUT2D eigenvalue weighted by molar-refractivity contribution is 6.32. The van der Waals surface area contributed by atoms with E-state index in [-0.39, 0.29) is 5.02 Å². The third-order valence-electron chi connectivity index (χ3n) is 2.68. The van der Waals surface area contributed by atoms with Gasteiger partial charge in [0.1, 0.15) is 11.6 Å². The van der Waals surface area contributed by atoms with E-state index >= 15 is 0 Å². The molecule has 0 bridgehead atoms.